The van der Waals surface area contributed by atoms with Crippen LogP contribution in [0, 0.1) is 6.92 Å². The van der Waals surface area contributed by atoms with Crippen LogP contribution in [0.25, 0.3) is 0 Å². The average molecular weight is 181 g/mol. The van der Waals surface area contributed by atoms with Crippen molar-refractivity contribution >= 4 is 5.82 Å². The van der Waals surface area contributed by atoms with Gasteiger partial charge in [0.15, 0.2) is 0 Å². The van der Waals surface area contributed by atoms with Gasteiger partial charge in [-0.25, -0.2) is 4.68 Å². The van der Waals surface area contributed by atoms with Gasteiger partial charge >= 0.3 is 0 Å². The van der Waals surface area contributed by atoms with Crippen LogP contribution in [-0.4, -0.2) is 22.5 Å². The number of nitrogen functional groups attached to an aromatic ring is 1. The second-order valence-electron chi connectivity index (χ2n) is 3.53. The predicted molar refractivity (Wildman–Crippen MR) is 50.4 cm³/mol. The lowest BCUT2D eigenvalue weighted by atomic mass is 10.2. The molecule has 0 radical (unpaired) electrons. The number of ether oxygens (including phenoxy) is 1. The third-order valence-electron chi connectivity index (χ3n) is 2.47. The minimum atomic E-state index is 0.307. The van der Waals surface area contributed by atoms with Gasteiger partial charge in [0.25, 0.3) is 0 Å². The van der Waals surface area contributed by atoms with Crippen LogP contribution < -0.4 is 5.73 Å². The Morgan fingerprint density at radius 1 is 1.77 bits per heavy atom. The van der Waals surface area contributed by atoms with Crippen LogP contribution in [0.1, 0.15) is 18.4 Å². The molecular weight excluding hydrogens is 166 g/mol. The van der Waals surface area contributed by atoms with Crippen molar-refractivity contribution in [3.63, 3.8) is 0 Å². The van der Waals surface area contributed by atoms with Gasteiger partial charge in [-0.2, -0.15) is 5.10 Å². The fourth-order valence-corrected chi connectivity index (χ4v) is 1.61. The summed E-state index contributed by atoms with van der Waals surface area (Å²) in [6, 6.07) is 0. The van der Waals surface area contributed by atoms with E-state index in [9.17, 15) is 0 Å². The quantitative estimate of drug-likeness (QED) is 0.739. The normalized spacial score (nSPS) is 22.4. The fraction of sp³-hybridized carbons (Fsp3) is 0.667. The van der Waals surface area contributed by atoms with Crippen LogP contribution in [0.15, 0.2) is 6.20 Å². The second-order valence-corrected chi connectivity index (χ2v) is 3.53. The number of nitrogens with zero attached hydrogens (tertiary/aromatic N) is 2. The molecule has 1 aromatic rings. The predicted octanol–water partition coefficient (Wildman–Crippen LogP) is 0.953. The number of rotatable bonds is 2. The van der Waals surface area contributed by atoms with E-state index < -0.39 is 0 Å². The largest absolute Gasteiger partial charge is 0.384 e. The van der Waals surface area contributed by atoms with Crippen LogP contribution in [0.3, 0.4) is 0 Å². The third kappa shape index (κ3) is 1.67. The SMILES string of the molecule is Cc1cnn(CC2CCCO2)c1N. The number of hydrogen-bond acceptors (Lipinski definition) is 3. The molecule has 1 aliphatic rings. The maximum Gasteiger partial charge on any atom is 0.124 e. The first kappa shape index (κ1) is 8.56. The zero-order valence-corrected chi connectivity index (χ0v) is 7.86. The van der Waals surface area contributed by atoms with E-state index in [1.54, 1.807) is 6.20 Å². The Balaban J connectivity index is 2.04. The molecule has 0 bridgehead atoms. The molecule has 1 aliphatic heterocycles. The van der Waals surface area contributed by atoms with Gasteiger partial charge in [0, 0.05) is 12.2 Å². The van der Waals surface area contributed by atoms with Gasteiger partial charge in [0.05, 0.1) is 18.8 Å². The summed E-state index contributed by atoms with van der Waals surface area (Å²) in [6.07, 6.45) is 4.38. The van der Waals surface area contributed by atoms with Gasteiger partial charge in [0.1, 0.15) is 5.82 Å². The van der Waals surface area contributed by atoms with E-state index in [1.807, 2.05) is 11.6 Å². The molecule has 1 unspecified atom stereocenters. The molecule has 2 heterocycles. The smallest absolute Gasteiger partial charge is 0.124 e. The summed E-state index contributed by atoms with van der Waals surface area (Å²) in [4.78, 5) is 0. The first-order chi connectivity index (χ1) is 6.27. The number of aryl methyl sites for hydroxylation is 1. The molecule has 0 amide bonds. The van der Waals surface area contributed by atoms with Gasteiger partial charge in [-0.05, 0) is 19.8 Å². The molecule has 0 spiro atoms. The Hall–Kier alpha value is -1.03. The lowest BCUT2D eigenvalue weighted by molar-refractivity contribution is 0.0945. The van der Waals surface area contributed by atoms with E-state index in [4.69, 9.17) is 10.5 Å². The lowest BCUT2D eigenvalue weighted by Crippen LogP contribution is -2.17. The zero-order valence-electron chi connectivity index (χ0n) is 7.86. The first-order valence-corrected chi connectivity index (χ1v) is 4.67. The molecule has 1 saturated heterocycles. The summed E-state index contributed by atoms with van der Waals surface area (Å²) in [5.41, 5.74) is 6.87. The Kier molecular flexibility index (Phi) is 2.22. The van der Waals surface area contributed by atoms with Gasteiger partial charge in [-0.15, -0.1) is 0 Å². The van der Waals surface area contributed by atoms with E-state index in [2.05, 4.69) is 5.10 Å². The Labute approximate surface area is 77.7 Å². The standard InChI is InChI=1S/C9H15N3O/c1-7-5-11-12(9(7)10)6-8-3-2-4-13-8/h5,8H,2-4,6,10H2,1H3. The Morgan fingerprint density at radius 3 is 3.15 bits per heavy atom. The van der Waals surface area contributed by atoms with Crippen LogP contribution in [-0.2, 0) is 11.3 Å². The zero-order chi connectivity index (χ0) is 9.26. The van der Waals surface area contributed by atoms with Crippen molar-refractivity contribution in [1.29, 1.82) is 0 Å². The molecule has 4 nitrogen and oxygen atoms in total. The molecular formula is C9H15N3O. The summed E-state index contributed by atoms with van der Waals surface area (Å²) in [7, 11) is 0. The van der Waals surface area contributed by atoms with Crippen LogP contribution in [0.5, 0.6) is 0 Å². The minimum absolute atomic E-state index is 0.307. The van der Waals surface area contributed by atoms with Crippen molar-refractivity contribution in [2.24, 2.45) is 0 Å². The number of nitrogens with two attached hydrogens (primary N) is 1. The van der Waals surface area contributed by atoms with Gasteiger partial charge in [-0.1, -0.05) is 0 Å². The number of aromatic nitrogens is 2. The second kappa shape index (κ2) is 3.38. The van der Waals surface area contributed by atoms with Crippen molar-refractivity contribution in [1.82, 2.24) is 9.78 Å². The maximum absolute atomic E-state index is 5.83. The molecule has 1 atom stereocenters. The number of hydrogen-bond donors (Lipinski definition) is 1. The van der Waals surface area contributed by atoms with Crippen molar-refractivity contribution < 1.29 is 4.74 Å². The highest BCUT2D eigenvalue weighted by atomic mass is 16.5. The van der Waals surface area contributed by atoms with E-state index in [1.165, 1.54) is 0 Å². The summed E-state index contributed by atoms with van der Waals surface area (Å²) in [5.74, 6) is 0.760. The highest BCUT2D eigenvalue weighted by Gasteiger charge is 2.17. The van der Waals surface area contributed by atoms with Crippen LogP contribution in [0.2, 0.25) is 0 Å². The molecule has 4 heteroatoms. The van der Waals surface area contributed by atoms with Crippen LogP contribution in [0.4, 0.5) is 5.82 Å². The summed E-state index contributed by atoms with van der Waals surface area (Å²) in [6.45, 7) is 3.64. The van der Waals surface area contributed by atoms with Crippen molar-refractivity contribution in [2.45, 2.75) is 32.4 Å². The van der Waals surface area contributed by atoms with Gasteiger partial charge in [0.2, 0.25) is 0 Å². The van der Waals surface area contributed by atoms with E-state index in [0.29, 0.717) is 6.10 Å². The molecule has 0 aromatic carbocycles. The maximum atomic E-state index is 5.83. The van der Waals surface area contributed by atoms with E-state index >= 15 is 0 Å². The van der Waals surface area contributed by atoms with Gasteiger partial charge in [-0.3, -0.25) is 0 Å². The van der Waals surface area contributed by atoms with Gasteiger partial charge < -0.3 is 10.5 Å². The van der Waals surface area contributed by atoms with Crippen molar-refractivity contribution in [3.8, 4) is 0 Å². The summed E-state index contributed by atoms with van der Waals surface area (Å²) in [5, 5.41) is 4.19. The third-order valence-corrected chi connectivity index (χ3v) is 2.47. The topological polar surface area (TPSA) is 53.1 Å². The summed E-state index contributed by atoms with van der Waals surface area (Å²) < 4.78 is 7.33. The number of anilines is 1. The van der Waals surface area contributed by atoms with E-state index in [-0.39, 0.29) is 0 Å². The molecule has 0 saturated carbocycles. The Bertz CT molecular complexity index is 289. The minimum Gasteiger partial charge on any atom is -0.384 e. The molecule has 1 fully saturated rings. The van der Waals surface area contributed by atoms with E-state index in [0.717, 1.165) is 37.4 Å². The lowest BCUT2D eigenvalue weighted by Gasteiger charge is -2.10. The average Bonchev–Trinajstić information content (AvgIpc) is 2.71. The highest BCUT2D eigenvalue weighted by Crippen LogP contribution is 2.16. The summed E-state index contributed by atoms with van der Waals surface area (Å²) >= 11 is 0. The van der Waals surface area contributed by atoms with Crippen molar-refractivity contribution in [2.75, 3.05) is 12.3 Å². The van der Waals surface area contributed by atoms with Crippen molar-refractivity contribution in [3.05, 3.63) is 11.8 Å². The Morgan fingerprint density at radius 2 is 2.62 bits per heavy atom. The first-order valence-electron chi connectivity index (χ1n) is 4.67. The molecule has 2 N–H and O–H groups in total. The highest BCUT2D eigenvalue weighted by molar-refractivity contribution is 5.37. The molecule has 72 valence electrons. The molecule has 2 rings (SSSR count). The fourth-order valence-electron chi connectivity index (χ4n) is 1.61. The molecule has 1 aromatic heterocycles. The molecule has 13 heavy (non-hydrogen) atoms. The monoisotopic (exact) mass is 181 g/mol. The molecule has 0 aliphatic carbocycles. The van der Waals surface area contributed by atoms with Crippen LogP contribution >= 0.6 is 0 Å².